The first-order valence-electron chi connectivity index (χ1n) is 5.26. The van der Waals surface area contributed by atoms with E-state index < -0.39 is 0 Å². The molecule has 2 aromatic carbocycles. The molecule has 16 heavy (non-hydrogen) atoms. The molecule has 0 heterocycles. The third-order valence-corrected chi connectivity index (χ3v) is 4.41. The Labute approximate surface area is 107 Å². The van der Waals surface area contributed by atoms with Crippen molar-refractivity contribution in [3.05, 3.63) is 73.4 Å². The summed E-state index contributed by atoms with van der Waals surface area (Å²) in [5, 5.41) is 0. The van der Waals surface area contributed by atoms with Gasteiger partial charge in [0.2, 0.25) is 0 Å². The molecule has 2 aromatic rings. The largest absolute Gasteiger partial charge is 0.349 e. The lowest BCUT2D eigenvalue weighted by atomic mass is 10.2. The molecule has 0 aliphatic rings. The maximum absolute atomic E-state index is 2.32. The molecule has 0 aromatic heterocycles. The van der Waals surface area contributed by atoms with Gasteiger partial charge in [-0.3, -0.25) is 0 Å². The molecule has 0 aliphatic carbocycles. The smallest absolute Gasteiger partial charge is 0.0619 e. The third kappa shape index (κ3) is 3.49. The van der Waals surface area contributed by atoms with E-state index >= 15 is 0 Å². The summed E-state index contributed by atoms with van der Waals surface area (Å²) >= 11 is 0.0125. The van der Waals surface area contributed by atoms with E-state index in [4.69, 9.17) is 0 Å². The Bertz CT molecular complexity index is 455. The van der Waals surface area contributed by atoms with E-state index in [1.54, 1.807) is 0 Å². The van der Waals surface area contributed by atoms with E-state index in [0.717, 1.165) is 0 Å². The Morgan fingerprint density at radius 2 is 1.56 bits per heavy atom. The molecule has 0 saturated carbocycles. The second-order valence-electron chi connectivity index (χ2n) is 3.61. The maximum atomic E-state index is 2.32. The second kappa shape index (κ2) is 5.85. The molecular formula is C15H14I+. The van der Waals surface area contributed by atoms with E-state index in [0.29, 0.717) is 0 Å². The number of aryl methyl sites for hydroxylation is 1. The van der Waals surface area contributed by atoms with Gasteiger partial charge in [0.25, 0.3) is 0 Å². The Hall–Kier alpha value is -1.09. The van der Waals surface area contributed by atoms with Crippen LogP contribution in [0.5, 0.6) is 0 Å². The highest BCUT2D eigenvalue weighted by molar-refractivity contribution is 5.48. The molecule has 80 valence electrons. The topological polar surface area (TPSA) is 0 Å². The summed E-state index contributed by atoms with van der Waals surface area (Å²) in [4.78, 5) is 0. The van der Waals surface area contributed by atoms with Gasteiger partial charge in [0.1, 0.15) is 0 Å². The fraction of sp³-hybridized carbons (Fsp3) is 0.0667. The van der Waals surface area contributed by atoms with Crippen LogP contribution in [0.4, 0.5) is 0 Å². The zero-order valence-corrected chi connectivity index (χ0v) is 11.4. The minimum absolute atomic E-state index is 0.0125. The summed E-state index contributed by atoms with van der Waals surface area (Å²) in [7, 11) is 0. The van der Waals surface area contributed by atoms with Gasteiger partial charge in [-0.05, 0) is 30.7 Å². The third-order valence-electron chi connectivity index (χ3n) is 2.25. The van der Waals surface area contributed by atoms with Crippen LogP contribution < -0.4 is 21.2 Å². The Morgan fingerprint density at radius 3 is 2.25 bits per heavy atom. The van der Waals surface area contributed by atoms with Gasteiger partial charge in [0, 0.05) is 0 Å². The van der Waals surface area contributed by atoms with Gasteiger partial charge in [0.15, 0.2) is 7.65 Å². The van der Waals surface area contributed by atoms with Crippen LogP contribution in [0.15, 0.2) is 58.7 Å². The highest BCUT2D eigenvalue weighted by Gasteiger charge is 2.04. The van der Waals surface area contributed by atoms with Crippen LogP contribution in [0.2, 0.25) is 0 Å². The molecule has 0 nitrogen and oxygen atoms in total. The van der Waals surface area contributed by atoms with Gasteiger partial charge in [0.05, 0.1) is 0 Å². The van der Waals surface area contributed by atoms with Crippen molar-refractivity contribution in [2.24, 2.45) is 0 Å². The highest BCUT2D eigenvalue weighted by Crippen LogP contribution is 2.03. The molecule has 0 fully saturated rings. The summed E-state index contributed by atoms with van der Waals surface area (Å²) in [5.41, 5.74) is 2.61. The Kier molecular flexibility index (Phi) is 4.17. The van der Waals surface area contributed by atoms with Gasteiger partial charge in [-0.1, -0.05) is 48.0 Å². The summed E-state index contributed by atoms with van der Waals surface area (Å²) in [6, 6.07) is 19.3. The molecule has 0 amide bonds. The molecule has 2 rings (SSSR count). The average Bonchev–Trinajstić information content (AvgIpc) is 2.33. The molecule has 0 spiro atoms. The van der Waals surface area contributed by atoms with Gasteiger partial charge in [-0.2, -0.15) is 0 Å². The first kappa shape index (κ1) is 11.4. The quantitative estimate of drug-likeness (QED) is 0.738. The van der Waals surface area contributed by atoms with Gasteiger partial charge in [-0.15, -0.1) is 0 Å². The van der Waals surface area contributed by atoms with Crippen LogP contribution in [0, 0.1) is 10.5 Å². The summed E-state index contributed by atoms with van der Waals surface area (Å²) < 4.78 is 3.78. The van der Waals surface area contributed by atoms with Gasteiger partial charge < -0.3 is 0 Å². The molecule has 0 radical (unpaired) electrons. The minimum Gasteiger partial charge on any atom is -0.0619 e. The van der Waals surface area contributed by atoms with Crippen LogP contribution in [0.3, 0.4) is 0 Å². The molecule has 0 unspecified atom stereocenters. The lowest BCUT2D eigenvalue weighted by Crippen LogP contribution is -3.59. The molecule has 0 aliphatic heterocycles. The minimum atomic E-state index is 0.0125. The fourth-order valence-electron chi connectivity index (χ4n) is 1.34. The predicted octanol–water partition coefficient (Wildman–Crippen LogP) is 0.925. The van der Waals surface area contributed by atoms with Crippen molar-refractivity contribution >= 4 is 6.08 Å². The van der Waals surface area contributed by atoms with Crippen LogP contribution in [0.25, 0.3) is 6.08 Å². The number of hydrogen-bond donors (Lipinski definition) is 0. The molecular weight excluding hydrogens is 307 g/mol. The first-order chi connectivity index (χ1) is 7.84. The van der Waals surface area contributed by atoms with Crippen molar-refractivity contribution in [2.75, 3.05) is 0 Å². The fourth-order valence-corrected chi connectivity index (χ4v) is 3.18. The number of benzene rings is 2. The van der Waals surface area contributed by atoms with E-state index in [9.17, 15) is 0 Å². The zero-order valence-electron chi connectivity index (χ0n) is 9.23. The number of rotatable bonds is 3. The predicted molar refractivity (Wildman–Crippen MR) is 65.4 cm³/mol. The zero-order chi connectivity index (χ0) is 11.2. The van der Waals surface area contributed by atoms with Crippen LogP contribution in [0.1, 0.15) is 11.1 Å². The second-order valence-corrected chi connectivity index (χ2v) is 6.20. The molecule has 0 atom stereocenters. The van der Waals surface area contributed by atoms with Crippen molar-refractivity contribution in [3.63, 3.8) is 0 Å². The summed E-state index contributed by atoms with van der Waals surface area (Å²) in [5.74, 6) is 0. The van der Waals surface area contributed by atoms with Gasteiger partial charge in [-0.25, -0.2) is 0 Å². The SMILES string of the molecule is Cc1ccc(/C=C/[I+]c2ccccc2)cc1. The summed E-state index contributed by atoms with van der Waals surface area (Å²) in [6.07, 6.45) is 2.22. The Balaban J connectivity index is 1.98. The Morgan fingerprint density at radius 1 is 0.875 bits per heavy atom. The van der Waals surface area contributed by atoms with Crippen LogP contribution in [-0.4, -0.2) is 0 Å². The van der Waals surface area contributed by atoms with E-state index in [-0.39, 0.29) is 21.2 Å². The van der Waals surface area contributed by atoms with Crippen molar-refractivity contribution in [2.45, 2.75) is 6.92 Å². The molecule has 1 heteroatoms. The van der Waals surface area contributed by atoms with E-state index in [1.807, 2.05) is 0 Å². The lowest BCUT2D eigenvalue weighted by molar-refractivity contribution is -0.555. The highest BCUT2D eigenvalue weighted by atomic mass is 127. The number of hydrogen-bond acceptors (Lipinski definition) is 0. The van der Waals surface area contributed by atoms with Crippen molar-refractivity contribution in [1.82, 2.24) is 0 Å². The standard InChI is InChI=1S/C15H14I/c1-13-7-9-14(10-8-13)11-12-16-15-5-3-2-4-6-15/h2-12H,1H3/q+1/b12-11+. The monoisotopic (exact) mass is 321 g/mol. The van der Waals surface area contributed by atoms with Crippen LogP contribution in [-0.2, 0) is 0 Å². The maximum Gasteiger partial charge on any atom is 0.349 e. The van der Waals surface area contributed by atoms with E-state index in [2.05, 4.69) is 71.7 Å². The summed E-state index contributed by atoms with van der Waals surface area (Å²) in [6.45, 7) is 2.12. The molecule has 0 N–H and O–H groups in total. The van der Waals surface area contributed by atoms with Crippen molar-refractivity contribution in [3.8, 4) is 0 Å². The lowest BCUT2D eigenvalue weighted by Gasteiger charge is -1.91. The average molecular weight is 321 g/mol. The van der Waals surface area contributed by atoms with Crippen molar-refractivity contribution in [1.29, 1.82) is 0 Å². The van der Waals surface area contributed by atoms with Crippen LogP contribution >= 0.6 is 0 Å². The van der Waals surface area contributed by atoms with Crippen molar-refractivity contribution < 1.29 is 21.2 Å². The van der Waals surface area contributed by atoms with E-state index in [1.165, 1.54) is 14.7 Å². The first-order valence-corrected chi connectivity index (χ1v) is 7.59. The number of halogens is 1. The normalized spacial score (nSPS) is 10.8. The molecule has 0 saturated heterocycles. The molecule has 0 bridgehead atoms. The van der Waals surface area contributed by atoms with Gasteiger partial charge >= 0.3 is 21.2 Å².